The zero-order valence-corrected chi connectivity index (χ0v) is 13.3. The van der Waals surface area contributed by atoms with Crippen LogP contribution in [0.5, 0.6) is 0 Å². The van der Waals surface area contributed by atoms with Crippen LogP contribution in [0.15, 0.2) is 57.9 Å². The number of nitrogens with zero attached hydrogens (tertiary/aromatic N) is 1. The molecular weight excluding hydrogens is 338 g/mol. The number of benzene rings is 2. The van der Waals surface area contributed by atoms with E-state index in [2.05, 4.69) is 9.88 Å². The molecule has 0 atom stereocenters. The molecule has 0 spiro atoms. The van der Waals surface area contributed by atoms with E-state index < -0.39 is 21.7 Å². The van der Waals surface area contributed by atoms with Crippen molar-refractivity contribution in [2.45, 2.75) is 11.8 Å². The number of nitrogens with one attached hydrogen (secondary N) is 1. The minimum absolute atomic E-state index is 0.00501. The first kappa shape index (κ1) is 16.1. The largest absolute Gasteiger partial charge is 0.359 e. The maximum absolute atomic E-state index is 13.4. The van der Waals surface area contributed by atoms with Gasteiger partial charge in [0.1, 0.15) is 23.0 Å². The van der Waals surface area contributed by atoms with E-state index in [-0.39, 0.29) is 27.6 Å². The number of aryl methyl sites for hydroxylation is 1. The molecule has 0 radical (unpaired) electrons. The van der Waals surface area contributed by atoms with E-state index >= 15 is 0 Å². The Hall–Kier alpha value is -2.74. The quantitative estimate of drug-likeness (QED) is 0.778. The second kappa shape index (κ2) is 6.04. The topological polar surface area (TPSA) is 72.2 Å². The van der Waals surface area contributed by atoms with Gasteiger partial charge in [-0.25, -0.2) is 17.2 Å². The molecule has 124 valence electrons. The van der Waals surface area contributed by atoms with Crippen molar-refractivity contribution in [1.82, 2.24) is 5.16 Å². The Morgan fingerprint density at radius 2 is 1.67 bits per heavy atom. The van der Waals surface area contributed by atoms with Gasteiger partial charge in [-0.05, 0) is 31.2 Å². The zero-order chi connectivity index (χ0) is 17.3. The number of halogens is 2. The van der Waals surface area contributed by atoms with Gasteiger partial charge in [0, 0.05) is 11.6 Å². The molecular formula is C16H12F2N2O3S. The Morgan fingerprint density at radius 3 is 2.29 bits per heavy atom. The Morgan fingerprint density at radius 1 is 1.04 bits per heavy atom. The van der Waals surface area contributed by atoms with Gasteiger partial charge < -0.3 is 4.52 Å². The molecule has 0 aliphatic carbocycles. The summed E-state index contributed by atoms with van der Waals surface area (Å²) in [6.45, 7) is 1.50. The molecule has 1 aromatic heterocycles. The number of anilines is 1. The van der Waals surface area contributed by atoms with Crippen LogP contribution in [-0.2, 0) is 10.0 Å². The Bertz CT molecular complexity index is 966. The van der Waals surface area contributed by atoms with E-state index in [0.717, 1.165) is 12.1 Å². The molecule has 2 aromatic carbocycles. The summed E-state index contributed by atoms with van der Waals surface area (Å²) in [7, 11) is -3.89. The lowest BCUT2D eigenvalue weighted by molar-refractivity contribution is 0.400. The van der Waals surface area contributed by atoms with E-state index in [9.17, 15) is 17.2 Å². The smallest absolute Gasteiger partial charge is 0.262 e. The van der Waals surface area contributed by atoms with Gasteiger partial charge in [0.15, 0.2) is 5.76 Å². The lowest BCUT2D eigenvalue weighted by Crippen LogP contribution is -2.13. The molecule has 0 aliphatic rings. The standard InChI is InChI=1S/C16H12F2N2O3S/c1-10-15(20-24(21,22)14-5-3-2-4-6-14)16(19-23-10)11-7-12(17)9-13(18)8-11/h2-9,20H,1H3. The summed E-state index contributed by atoms with van der Waals surface area (Å²) < 4.78 is 59.1. The van der Waals surface area contributed by atoms with Crippen LogP contribution in [0.25, 0.3) is 11.3 Å². The van der Waals surface area contributed by atoms with Crippen LogP contribution in [0.4, 0.5) is 14.5 Å². The van der Waals surface area contributed by atoms with Gasteiger partial charge in [-0.3, -0.25) is 4.72 Å². The molecule has 0 unspecified atom stereocenters. The molecule has 0 bridgehead atoms. The third kappa shape index (κ3) is 3.13. The van der Waals surface area contributed by atoms with E-state index in [1.807, 2.05) is 0 Å². The van der Waals surface area contributed by atoms with Crippen LogP contribution >= 0.6 is 0 Å². The van der Waals surface area contributed by atoms with Crippen molar-refractivity contribution in [2.24, 2.45) is 0 Å². The molecule has 0 saturated carbocycles. The lowest BCUT2D eigenvalue weighted by atomic mass is 10.1. The van der Waals surface area contributed by atoms with Gasteiger partial charge in [-0.2, -0.15) is 0 Å². The highest BCUT2D eigenvalue weighted by Gasteiger charge is 2.22. The molecule has 1 N–H and O–H groups in total. The first-order valence-electron chi connectivity index (χ1n) is 6.87. The van der Waals surface area contributed by atoms with E-state index in [1.165, 1.54) is 19.1 Å². The number of aromatic nitrogens is 1. The molecule has 0 amide bonds. The van der Waals surface area contributed by atoms with Crippen molar-refractivity contribution >= 4 is 15.7 Å². The van der Waals surface area contributed by atoms with Gasteiger partial charge in [0.25, 0.3) is 10.0 Å². The van der Waals surface area contributed by atoms with Crippen LogP contribution in [0, 0.1) is 18.6 Å². The monoisotopic (exact) mass is 350 g/mol. The van der Waals surface area contributed by atoms with Gasteiger partial charge in [-0.15, -0.1) is 0 Å². The Labute approximate surface area is 137 Å². The number of hydrogen-bond donors (Lipinski definition) is 1. The van der Waals surface area contributed by atoms with E-state index in [4.69, 9.17) is 4.52 Å². The summed E-state index contributed by atoms with van der Waals surface area (Å²) in [4.78, 5) is 0.0435. The maximum atomic E-state index is 13.4. The van der Waals surface area contributed by atoms with Crippen LogP contribution in [0.3, 0.4) is 0 Å². The first-order chi connectivity index (χ1) is 11.4. The zero-order valence-electron chi connectivity index (χ0n) is 12.5. The van der Waals surface area contributed by atoms with Gasteiger partial charge in [0.05, 0.1) is 4.90 Å². The molecule has 3 aromatic rings. The second-order valence-electron chi connectivity index (χ2n) is 5.04. The van der Waals surface area contributed by atoms with Crippen molar-refractivity contribution in [1.29, 1.82) is 0 Å². The molecule has 0 aliphatic heterocycles. The summed E-state index contributed by atoms with van der Waals surface area (Å²) in [5, 5.41) is 3.71. The first-order valence-corrected chi connectivity index (χ1v) is 8.36. The summed E-state index contributed by atoms with van der Waals surface area (Å²) in [6, 6.07) is 10.5. The third-order valence-corrected chi connectivity index (χ3v) is 4.65. The van der Waals surface area contributed by atoms with E-state index in [0.29, 0.717) is 6.07 Å². The van der Waals surface area contributed by atoms with Crippen LogP contribution in [0.1, 0.15) is 5.76 Å². The minimum atomic E-state index is -3.89. The molecule has 1 heterocycles. The highest BCUT2D eigenvalue weighted by molar-refractivity contribution is 7.92. The maximum Gasteiger partial charge on any atom is 0.262 e. The van der Waals surface area contributed by atoms with Crippen molar-refractivity contribution in [3.05, 3.63) is 65.9 Å². The molecule has 24 heavy (non-hydrogen) atoms. The van der Waals surface area contributed by atoms with Crippen molar-refractivity contribution in [3.63, 3.8) is 0 Å². The fourth-order valence-electron chi connectivity index (χ4n) is 2.17. The normalized spacial score (nSPS) is 11.5. The number of sulfonamides is 1. The second-order valence-corrected chi connectivity index (χ2v) is 6.72. The molecule has 0 fully saturated rings. The minimum Gasteiger partial charge on any atom is -0.359 e. The van der Waals surface area contributed by atoms with Crippen molar-refractivity contribution in [3.8, 4) is 11.3 Å². The fourth-order valence-corrected chi connectivity index (χ4v) is 3.32. The highest BCUT2D eigenvalue weighted by Crippen LogP contribution is 2.32. The van der Waals surface area contributed by atoms with Crippen LogP contribution in [0.2, 0.25) is 0 Å². The fraction of sp³-hybridized carbons (Fsp3) is 0.0625. The molecule has 3 rings (SSSR count). The summed E-state index contributed by atoms with van der Waals surface area (Å²) in [6.07, 6.45) is 0. The predicted octanol–water partition coefficient (Wildman–Crippen LogP) is 3.73. The summed E-state index contributed by atoms with van der Waals surface area (Å²) in [5.41, 5.74) is 0.101. The van der Waals surface area contributed by atoms with Gasteiger partial charge in [-0.1, -0.05) is 23.4 Å². The van der Waals surface area contributed by atoms with Crippen molar-refractivity contribution in [2.75, 3.05) is 4.72 Å². The Balaban J connectivity index is 2.05. The lowest BCUT2D eigenvalue weighted by Gasteiger charge is -2.08. The average molecular weight is 350 g/mol. The van der Waals surface area contributed by atoms with Crippen LogP contribution < -0.4 is 4.72 Å². The molecule has 5 nitrogen and oxygen atoms in total. The van der Waals surface area contributed by atoms with E-state index in [1.54, 1.807) is 18.2 Å². The number of hydrogen-bond acceptors (Lipinski definition) is 4. The summed E-state index contributed by atoms with van der Waals surface area (Å²) >= 11 is 0. The van der Waals surface area contributed by atoms with Gasteiger partial charge in [0.2, 0.25) is 0 Å². The molecule has 0 saturated heterocycles. The SMILES string of the molecule is Cc1onc(-c2cc(F)cc(F)c2)c1NS(=O)(=O)c1ccccc1. The average Bonchev–Trinajstić information content (AvgIpc) is 2.88. The predicted molar refractivity (Wildman–Crippen MR) is 83.8 cm³/mol. The van der Waals surface area contributed by atoms with Crippen LogP contribution in [-0.4, -0.2) is 13.6 Å². The van der Waals surface area contributed by atoms with Crippen molar-refractivity contribution < 1.29 is 21.7 Å². The Kier molecular flexibility index (Phi) is 4.06. The summed E-state index contributed by atoms with van der Waals surface area (Å²) in [5.74, 6) is -1.43. The highest BCUT2D eigenvalue weighted by atomic mass is 32.2. The number of rotatable bonds is 4. The molecule has 8 heteroatoms. The third-order valence-electron chi connectivity index (χ3n) is 3.29. The van der Waals surface area contributed by atoms with Gasteiger partial charge >= 0.3 is 0 Å².